The number of hydrogen-bond donors (Lipinski definition) is 1. The van der Waals surface area contributed by atoms with Crippen LogP contribution in [0.2, 0.25) is 0 Å². The van der Waals surface area contributed by atoms with Crippen molar-refractivity contribution in [1.29, 1.82) is 0 Å². The number of ether oxygens (including phenoxy) is 1. The molecule has 1 aliphatic carbocycles. The Morgan fingerprint density at radius 3 is 2.88 bits per heavy atom. The first kappa shape index (κ1) is 15.1. The zero-order chi connectivity index (χ0) is 16.5. The molecule has 0 spiro atoms. The predicted octanol–water partition coefficient (Wildman–Crippen LogP) is 3.47. The Morgan fingerprint density at radius 2 is 2.08 bits per heavy atom. The van der Waals surface area contributed by atoms with Crippen molar-refractivity contribution in [3.8, 4) is 5.75 Å². The van der Waals surface area contributed by atoms with E-state index in [1.807, 2.05) is 41.3 Å². The van der Waals surface area contributed by atoms with Crippen molar-refractivity contribution in [3.05, 3.63) is 59.2 Å². The van der Waals surface area contributed by atoms with Gasteiger partial charge in [-0.1, -0.05) is 18.2 Å². The number of methoxy groups -OCH3 is 1. The van der Waals surface area contributed by atoms with Crippen LogP contribution in [-0.2, 0) is 13.0 Å². The Hall–Kier alpha value is -2.49. The number of nitrogens with one attached hydrogen (secondary N) is 1. The highest BCUT2D eigenvalue weighted by Gasteiger charge is 2.33. The molecule has 0 bridgehead atoms. The van der Waals surface area contributed by atoms with E-state index in [0.717, 1.165) is 48.4 Å². The second kappa shape index (κ2) is 6.19. The molecule has 0 saturated heterocycles. The van der Waals surface area contributed by atoms with E-state index in [0.29, 0.717) is 12.6 Å². The van der Waals surface area contributed by atoms with Crippen molar-refractivity contribution in [2.45, 2.75) is 31.8 Å². The lowest BCUT2D eigenvalue weighted by Crippen LogP contribution is -2.32. The third-order valence-electron chi connectivity index (χ3n) is 4.84. The number of carbonyl (C=O) groups excluding carboxylic acids is 1. The molecule has 1 amide bonds. The number of para-hydroxylation sites is 1. The minimum atomic E-state index is 0.123. The predicted molar refractivity (Wildman–Crippen MR) is 94.5 cm³/mol. The largest absolute Gasteiger partial charge is 0.496 e. The highest BCUT2D eigenvalue weighted by Crippen LogP contribution is 2.32. The van der Waals surface area contributed by atoms with Gasteiger partial charge in [-0.15, -0.1) is 0 Å². The molecule has 2 aromatic carbocycles. The highest BCUT2D eigenvalue weighted by atomic mass is 16.5. The third-order valence-corrected chi connectivity index (χ3v) is 4.84. The van der Waals surface area contributed by atoms with Crippen molar-refractivity contribution in [1.82, 2.24) is 4.90 Å². The van der Waals surface area contributed by atoms with E-state index in [2.05, 4.69) is 11.4 Å². The fourth-order valence-electron chi connectivity index (χ4n) is 3.37. The SMILES string of the molecule is COc1ccccc1CN(C(=O)c1ccc2c(c1)CCN2)C1CC1. The number of anilines is 1. The summed E-state index contributed by atoms with van der Waals surface area (Å²) in [6.45, 7) is 1.56. The zero-order valence-electron chi connectivity index (χ0n) is 13.9. The smallest absolute Gasteiger partial charge is 0.254 e. The average Bonchev–Trinajstić information content (AvgIpc) is 3.35. The van der Waals surface area contributed by atoms with Gasteiger partial charge in [0.15, 0.2) is 0 Å². The number of carbonyl (C=O) groups is 1. The Balaban J connectivity index is 1.60. The van der Waals surface area contributed by atoms with Gasteiger partial charge in [0.1, 0.15) is 5.75 Å². The van der Waals surface area contributed by atoms with E-state index in [1.165, 1.54) is 5.56 Å². The molecule has 1 fully saturated rings. The number of hydrogen-bond acceptors (Lipinski definition) is 3. The van der Waals surface area contributed by atoms with Crippen LogP contribution in [0, 0.1) is 0 Å². The minimum absolute atomic E-state index is 0.123. The van der Waals surface area contributed by atoms with Crippen LogP contribution in [0.5, 0.6) is 5.75 Å². The maximum Gasteiger partial charge on any atom is 0.254 e. The molecule has 1 heterocycles. The quantitative estimate of drug-likeness (QED) is 0.916. The molecule has 0 atom stereocenters. The lowest BCUT2D eigenvalue weighted by Gasteiger charge is -2.24. The van der Waals surface area contributed by atoms with Crippen LogP contribution in [0.4, 0.5) is 5.69 Å². The second-order valence-corrected chi connectivity index (χ2v) is 6.52. The number of rotatable bonds is 5. The first-order valence-electron chi connectivity index (χ1n) is 8.56. The van der Waals surface area contributed by atoms with E-state index in [9.17, 15) is 4.79 Å². The molecule has 4 rings (SSSR count). The number of nitrogens with zero attached hydrogens (tertiary/aromatic N) is 1. The molecule has 0 unspecified atom stereocenters. The molecular weight excluding hydrogens is 300 g/mol. The molecule has 2 aromatic rings. The van der Waals surface area contributed by atoms with Gasteiger partial charge in [0.05, 0.1) is 7.11 Å². The minimum Gasteiger partial charge on any atom is -0.496 e. The van der Waals surface area contributed by atoms with Crippen molar-refractivity contribution in [2.75, 3.05) is 19.0 Å². The van der Waals surface area contributed by atoms with Crippen LogP contribution in [0.3, 0.4) is 0 Å². The molecular formula is C20H22N2O2. The summed E-state index contributed by atoms with van der Waals surface area (Å²) < 4.78 is 5.45. The molecule has 1 aliphatic heterocycles. The molecule has 24 heavy (non-hydrogen) atoms. The zero-order valence-corrected chi connectivity index (χ0v) is 13.9. The highest BCUT2D eigenvalue weighted by molar-refractivity contribution is 5.95. The summed E-state index contributed by atoms with van der Waals surface area (Å²) in [6.07, 6.45) is 3.17. The van der Waals surface area contributed by atoms with Gasteiger partial charge in [-0.2, -0.15) is 0 Å². The monoisotopic (exact) mass is 322 g/mol. The molecule has 1 saturated carbocycles. The summed E-state index contributed by atoms with van der Waals surface area (Å²) in [5.41, 5.74) is 4.26. The van der Waals surface area contributed by atoms with Gasteiger partial charge in [-0.25, -0.2) is 0 Å². The summed E-state index contributed by atoms with van der Waals surface area (Å²) in [7, 11) is 1.68. The molecule has 0 aromatic heterocycles. The summed E-state index contributed by atoms with van der Waals surface area (Å²) in [5.74, 6) is 0.965. The first-order chi connectivity index (χ1) is 11.8. The lowest BCUT2D eigenvalue weighted by molar-refractivity contribution is 0.0728. The molecule has 1 N–H and O–H groups in total. The average molecular weight is 322 g/mol. The Morgan fingerprint density at radius 1 is 1.25 bits per heavy atom. The van der Waals surface area contributed by atoms with Gasteiger partial charge in [0.2, 0.25) is 0 Å². The van der Waals surface area contributed by atoms with Crippen LogP contribution in [0.15, 0.2) is 42.5 Å². The standard InChI is InChI=1S/C20H22N2O2/c1-24-19-5-3-2-4-16(19)13-22(17-7-8-17)20(23)15-6-9-18-14(12-15)10-11-21-18/h2-6,9,12,17,21H,7-8,10-11,13H2,1H3. The van der Waals surface area contributed by atoms with E-state index < -0.39 is 0 Å². The van der Waals surface area contributed by atoms with Gasteiger partial charge < -0.3 is 15.0 Å². The third kappa shape index (κ3) is 2.84. The van der Waals surface area contributed by atoms with Crippen molar-refractivity contribution < 1.29 is 9.53 Å². The van der Waals surface area contributed by atoms with Gasteiger partial charge in [-0.3, -0.25) is 4.79 Å². The van der Waals surface area contributed by atoms with Crippen molar-refractivity contribution >= 4 is 11.6 Å². The molecule has 2 aliphatic rings. The summed E-state index contributed by atoms with van der Waals surface area (Å²) >= 11 is 0. The topological polar surface area (TPSA) is 41.6 Å². The number of fused-ring (bicyclic) bond motifs is 1. The first-order valence-corrected chi connectivity index (χ1v) is 8.56. The Labute approximate surface area is 142 Å². The van der Waals surface area contributed by atoms with Crippen molar-refractivity contribution in [3.63, 3.8) is 0 Å². The summed E-state index contributed by atoms with van der Waals surface area (Å²) in [4.78, 5) is 15.1. The molecule has 4 heteroatoms. The molecule has 124 valence electrons. The van der Waals surface area contributed by atoms with Crippen LogP contribution >= 0.6 is 0 Å². The molecule has 4 nitrogen and oxygen atoms in total. The summed E-state index contributed by atoms with van der Waals surface area (Å²) in [5, 5.41) is 3.34. The van der Waals surface area contributed by atoms with Gasteiger partial charge >= 0.3 is 0 Å². The van der Waals surface area contributed by atoms with Crippen LogP contribution < -0.4 is 10.1 Å². The van der Waals surface area contributed by atoms with Crippen molar-refractivity contribution in [2.24, 2.45) is 0 Å². The Kier molecular flexibility index (Phi) is 3.89. The summed E-state index contributed by atoms with van der Waals surface area (Å²) in [6, 6.07) is 14.3. The molecule has 0 radical (unpaired) electrons. The fraction of sp³-hybridized carbons (Fsp3) is 0.350. The maximum absolute atomic E-state index is 13.1. The number of benzene rings is 2. The van der Waals surface area contributed by atoms with E-state index in [1.54, 1.807) is 7.11 Å². The lowest BCUT2D eigenvalue weighted by atomic mass is 10.1. The fourth-order valence-corrected chi connectivity index (χ4v) is 3.37. The van der Waals surface area contributed by atoms with E-state index in [4.69, 9.17) is 4.74 Å². The van der Waals surface area contributed by atoms with E-state index >= 15 is 0 Å². The van der Waals surface area contributed by atoms with Crippen LogP contribution in [0.25, 0.3) is 0 Å². The normalized spacial score (nSPS) is 15.5. The van der Waals surface area contributed by atoms with Crippen LogP contribution in [0.1, 0.15) is 34.3 Å². The van der Waals surface area contributed by atoms with E-state index in [-0.39, 0.29) is 5.91 Å². The van der Waals surface area contributed by atoms with Gasteiger partial charge in [0, 0.05) is 35.9 Å². The second-order valence-electron chi connectivity index (χ2n) is 6.52. The maximum atomic E-state index is 13.1. The van der Waals surface area contributed by atoms with Crippen LogP contribution in [-0.4, -0.2) is 30.5 Å². The van der Waals surface area contributed by atoms with Gasteiger partial charge in [-0.05, 0) is 49.1 Å². The van der Waals surface area contributed by atoms with Gasteiger partial charge in [0.25, 0.3) is 5.91 Å². The Bertz CT molecular complexity index is 768. The number of amides is 1.